The minimum atomic E-state index is -0.256. The molecule has 1 amide bonds. The first-order valence-corrected chi connectivity index (χ1v) is 8.15. The van der Waals surface area contributed by atoms with Crippen molar-refractivity contribution >= 4 is 34.7 Å². The second kappa shape index (κ2) is 6.33. The number of anilines is 1. The predicted molar refractivity (Wildman–Crippen MR) is 101 cm³/mol. The molecular weight excluding hydrogens is 332 g/mol. The van der Waals surface area contributed by atoms with Crippen LogP contribution in [0.3, 0.4) is 0 Å². The SMILES string of the molecule is O=C(Nc1cnc2ccccc2c1)c1c[nH]c(=S)n1-c1ccccc1. The number of carbonyl (C=O) groups excluding carboxylic acids is 1. The van der Waals surface area contributed by atoms with Gasteiger partial charge in [-0.15, -0.1) is 0 Å². The maximum Gasteiger partial charge on any atom is 0.274 e. The summed E-state index contributed by atoms with van der Waals surface area (Å²) in [6, 6.07) is 19.2. The number of aromatic nitrogens is 3. The van der Waals surface area contributed by atoms with Crippen LogP contribution in [0.4, 0.5) is 5.69 Å². The molecule has 0 unspecified atom stereocenters. The molecule has 0 saturated carbocycles. The summed E-state index contributed by atoms with van der Waals surface area (Å²) in [5.74, 6) is -0.256. The standard InChI is InChI=1S/C19H14N4OS/c24-18(22-14-10-13-6-4-5-9-16(13)20-11-14)17-12-21-19(25)23(17)15-7-2-1-3-8-15/h1-12H,(H,21,25)(H,22,24). The third-order valence-electron chi connectivity index (χ3n) is 3.87. The number of imidazole rings is 1. The fraction of sp³-hybridized carbons (Fsp3) is 0. The van der Waals surface area contributed by atoms with Gasteiger partial charge in [0, 0.05) is 17.3 Å². The average molecular weight is 346 g/mol. The molecule has 4 rings (SSSR count). The molecule has 2 aromatic carbocycles. The Hall–Kier alpha value is -3.25. The van der Waals surface area contributed by atoms with Crippen LogP contribution >= 0.6 is 12.2 Å². The van der Waals surface area contributed by atoms with Crippen LogP contribution < -0.4 is 5.32 Å². The van der Waals surface area contributed by atoms with Crippen LogP contribution in [0.25, 0.3) is 16.6 Å². The second-order valence-electron chi connectivity index (χ2n) is 5.52. The van der Waals surface area contributed by atoms with Gasteiger partial charge in [0.25, 0.3) is 5.91 Å². The van der Waals surface area contributed by atoms with Crippen LogP contribution in [0, 0.1) is 4.77 Å². The van der Waals surface area contributed by atoms with Crippen LogP contribution in [0.1, 0.15) is 10.5 Å². The number of para-hydroxylation sites is 2. The van der Waals surface area contributed by atoms with E-state index in [9.17, 15) is 4.79 Å². The molecule has 0 aliphatic heterocycles. The van der Waals surface area contributed by atoms with E-state index < -0.39 is 0 Å². The molecule has 122 valence electrons. The Morgan fingerprint density at radius 2 is 1.84 bits per heavy atom. The highest BCUT2D eigenvalue weighted by molar-refractivity contribution is 7.71. The number of hydrogen-bond acceptors (Lipinski definition) is 3. The highest BCUT2D eigenvalue weighted by Gasteiger charge is 2.14. The number of fused-ring (bicyclic) bond motifs is 1. The Bertz CT molecular complexity index is 1110. The van der Waals surface area contributed by atoms with Gasteiger partial charge in [0.2, 0.25) is 0 Å². The molecule has 0 atom stereocenters. The van der Waals surface area contributed by atoms with E-state index in [0.29, 0.717) is 16.2 Å². The van der Waals surface area contributed by atoms with E-state index >= 15 is 0 Å². The monoisotopic (exact) mass is 346 g/mol. The van der Waals surface area contributed by atoms with Crippen molar-refractivity contribution in [3.63, 3.8) is 0 Å². The van der Waals surface area contributed by atoms with Gasteiger partial charge in [0.15, 0.2) is 4.77 Å². The number of amides is 1. The zero-order valence-corrected chi connectivity index (χ0v) is 14.0. The van der Waals surface area contributed by atoms with Crippen LogP contribution in [0.5, 0.6) is 0 Å². The van der Waals surface area contributed by atoms with E-state index in [1.165, 1.54) is 0 Å². The number of pyridine rings is 1. The molecule has 0 aliphatic carbocycles. The molecular formula is C19H14N4OS. The Morgan fingerprint density at radius 1 is 1.08 bits per heavy atom. The molecule has 0 spiro atoms. The summed E-state index contributed by atoms with van der Waals surface area (Å²) in [5.41, 5.74) is 2.78. The van der Waals surface area contributed by atoms with Crippen molar-refractivity contribution in [3.05, 3.63) is 83.5 Å². The number of aromatic amines is 1. The quantitative estimate of drug-likeness (QED) is 0.543. The van der Waals surface area contributed by atoms with Gasteiger partial charge in [-0.3, -0.25) is 14.3 Å². The van der Waals surface area contributed by atoms with Crippen molar-refractivity contribution in [2.75, 3.05) is 5.32 Å². The van der Waals surface area contributed by atoms with Gasteiger partial charge in [-0.2, -0.15) is 0 Å². The number of carbonyl (C=O) groups is 1. The van der Waals surface area contributed by atoms with E-state index in [0.717, 1.165) is 16.6 Å². The maximum absolute atomic E-state index is 12.7. The van der Waals surface area contributed by atoms with Crippen LogP contribution in [0.2, 0.25) is 0 Å². The molecule has 0 fully saturated rings. The van der Waals surface area contributed by atoms with Crippen molar-refractivity contribution in [2.45, 2.75) is 0 Å². The summed E-state index contributed by atoms with van der Waals surface area (Å²) in [6.45, 7) is 0. The van der Waals surface area contributed by atoms with Crippen LogP contribution in [0.15, 0.2) is 73.1 Å². The fourth-order valence-corrected chi connectivity index (χ4v) is 2.97. The number of nitrogens with one attached hydrogen (secondary N) is 2. The lowest BCUT2D eigenvalue weighted by atomic mass is 10.2. The maximum atomic E-state index is 12.7. The molecule has 4 aromatic rings. The molecule has 6 heteroatoms. The first-order valence-electron chi connectivity index (χ1n) is 7.74. The van der Waals surface area contributed by atoms with Crippen molar-refractivity contribution in [2.24, 2.45) is 0 Å². The second-order valence-corrected chi connectivity index (χ2v) is 5.91. The van der Waals surface area contributed by atoms with Gasteiger partial charge >= 0.3 is 0 Å². The molecule has 0 radical (unpaired) electrons. The number of nitrogens with zero attached hydrogens (tertiary/aromatic N) is 2. The summed E-state index contributed by atoms with van der Waals surface area (Å²) in [5, 5.41) is 3.85. The number of benzene rings is 2. The van der Waals surface area contributed by atoms with E-state index in [1.807, 2.05) is 60.7 Å². The molecule has 0 saturated heterocycles. The lowest BCUT2D eigenvalue weighted by molar-refractivity contribution is 0.102. The lowest BCUT2D eigenvalue weighted by Crippen LogP contribution is -2.16. The van der Waals surface area contributed by atoms with Gasteiger partial charge in [0.05, 0.1) is 17.4 Å². The third-order valence-corrected chi connectivity index (χ3v) is 4.17. The Kier molecular flexibility index (Phi) is 3.87. The summed E-state index contributed by atoms with van der Waals surface area (Å²) in [7, 11) is 0. The first-order chi connectivity index (χ1) is 12.2. The normalized spacial score (nSPS) is 10.7. The summed E-state index contributed by atoms with van der Waals surface area (Å²) < 4.78 is 2.17. The Morgan fingerprint density at radius 3 is 2.68 bits per heavy atom. The number of hydrogen-bond donors (Lipinski definition) is 2. The van der Waals surface area contributed by atoms with Crippen molar-refractivity contribution in [1.29, 1.82) is 0 Å². The van der Waals surface area contributed by atoms with Gasteiger partial charge in [-0.25, -0.2) is 0 Å². The highest BCUT2D eigenvalue weighted by atomic mass is 32.1. The number of H-pyrrole nitrogens is 1. The average Bonchev–Trinajstić information content (AvgIpc) is 3.04. The molecule has 0 bridgehead atoms. The van der Waals surface area contributed by atoms with Gasteiger partial charge in [-0.1, -0.05) is 36.4 Å². The van der Waals surface area contributed by atoms with Gasteiger partial charge in [0.1, 0.15) is 5.69 Å². The molecule has 0 aliphatic rings. The van der Waals surface area contributed by atoms with E-state index in [1.54, 1.807) is 17.0 Å². The van der Waals surface area contributed by atoms with E-state index in [-0.39, 0.29) is 5.91 Å². The fourth-order valence-electron chi connectivity index (χ4n) is 2.70. The smallest absolute Gasteiger partial charge is 0.274 e. The van der Waals surface area contributed by atoms with Crippen molar-refractivity contribution in [1.82, 2.24) is 14.5 Å². The molecule has 5 nitrogen and oxygen atoms in total. The largest absolute Gasteiger partial charge is 0.336 e. The molecule has 2 aromatic heterocycles. The van der Waals surface area contributed by atoms with Crippen LogP contribution in [-0.2, 0) is 0 Å². The lowest BCUT2D eigenvalue weighted by Gasteiger charge is -2.09. The zero-order chi connectivity index (χ0) is 17.2. The van der Waals surface area contributed by atoms with Crippen LogP contribution in [-0.4, -0.2) is 20.4 Å². The zero-order valence-electron chi connectivity index (χ0n) is 13.1. The van der Waals surface area contributed by atoms with Crippen molar-refractivity contribution in [3.8, 4) is 5.69 Å². The van der Waals surface area contributed by atoms with E-state index in [4.69, 9.17) is 12.2 Å². The minimum Gasteiger partial charge on any atom is -0.336 e. The first kappa shape index (κ1) is 15.3. The Balaban J connectivity index is 1.68. The molecule has 2 N–H and O–H groups in total. The third kappa shape index (κ3) is 2.95. The minimum absolute atomic E-state index is 0.256. The number of rotatable bonds is 3. The summed E-state index contributed by atoms with van der Waals surface area (Å²) in [4.78, 5) is 20.0. The van der Waals surface area contributed by atoms with Gasteiger partial charge < -0.3 is 10.3 Å². The van der Waals surface area contributed by atoms with E-state index in [2.05, 4.69) is 15.3 Å². The Labute approximate surface area is 149 Å². The van der Waals surface area contributed by atoms with Crippen molar-refractivity contribution < 1.29 is 4.79 Å². The van der Waals surface area contributed by atoms with Gasteiger partial charge in [-0.05, 0) is 36.5 Å². The summed E-state index contributed by atoms with van der Waals surface area (Å²) in [6.07, 6.45) is 3.26. The summed E-state index contributed by atoms with van der Waals surface area (Å²) >= 11 is 5.32. The predicted octanol–water partition coefficient (Wildman–Crippen LogP) is 4.34. The highest BCUT2D eigenvalue weighted by Crippen LogP contribution is 2.18. The molecule has 2 heterocycles. The molecule has 25 heavy (non-hydrogen) atoms. The topological polar surface area (TPSA) is 62.7 Å².